The lowest BCUT2D eigenvalue weighted by molar-refractivity contribution is -0.161. The van der Waals surface area contributed by atoms with Crippen LogP contribution < -0.4 is 5.32 Å². The molecule has 1 fully saturated rings. The average molecular weight is 338 g/mol. The molecule has 16 heavy (non-hydrogen) atoms. The third-order valence-corrected chi connectivity index (χ3v) is 2.75. The van der Waals surface area contributed by atoms with Crippen molar-refractivity contribution in [1.29, 1.82) is 0 Å². The van der Waals surface area contributed by atoms with Crippen molar-refractivity contribution in [3.05, 3.63) is 9.90 Å². The normalized spacial score (nSPS) is 22.6. The summed E-state index contributed by atoms with van der Waals surface area (Å²) < 4.78 is 12.0. The molecular formula is C11H19IN2O2. The molecule has 1 atom stereocenters. The van der Waals surface area contributed by atoms with Crippen molar-refractivity contribution in [3.63, 3.8) is 0 Å². The minimum absolute atomic E-state index is 0.00673. The standard InChI is InChI=1S/C11H19IN2O2/c1-2-14-10(12)9-13-6-8-16-11-5-3-4-7-15-11/h2,9,11,13H,3-8H2,1H3/b10-9-,14-2-. The maximum Gasteiger partial charge on any atom is 0.157 e. The van der Waals surface area contributed by atoms with E-state index in [1.165, 1.54) is 6.42 Å². The molecule has 1 rings (SSSR count). The molecule has 0 saturated carbocycles. The Hall–Kier alpha value is -0.140. The molecule has 0 aromatic heterocycles. The first-order valence-electron chi connectivity index (χ1n) is 5.64. The third-order valence-electron chi connectivity index (χ3n) is 2.16. The van der Waals surface area contributed by atoms with Gasteiger partial charge in [0.05, 0.1) is 6.61 Å². The van der Waals surface area contributed by atoms with Crippen LogP contribution in [0.5, 0.6) is 0 Å². The molecule has 1 saturated heterocycles. The van der Waals surface area contributed by atoms with Crippen LogP contribution >= 0.6 is 22.6 Å². The van der Waals surface area contributed by atoms with Gasteiger partial charge in [0.1, 0.15) is 3.70 Å². The summed E-state index contributed by atoms with van der Waals surface area (Å²) in [5.74, 6) is 0. The Morgan fingerprint density at radius 3 is 3.19 bits per heavy atom. The van der Waals surface area contributed by atoms with Gasteiger partial charge in [-0.05, 0) is 48.8 Å². The Bertz CT molecular complexity index is 238. The van der Waals surface area contributed by atoms with E-state index in [-0.39, 0.29) is 6.29 Å². The summed E-state index contributed by atoms with van der Waals surface area (Å²) in [5.41, 5.74) is 0. The van der Waals surface area contributed by atoms with Crippen LogP contribution in [-0.2, 0) is 9.47 Å². The number of hydrogen-bond donors (Lipinski definition) is 1. The first-order chi connectivity index (χ1) is 7.83. The molecular weight excluding hydrogens is 319 g/mol. The van der Waals surface area contributed by atoms with E-state index in [2.05, 4.69) is 32.9 Å². The molecule has 92 valence electrons. The second-order valence-electron chi connectivity index (χ2n) is 3.48. The van der Waals surface area contributed by atoms with Crippen LogP contribution in [0, 0.1) is 0 Å². The largest absolute Gasteiger partial charge is 0.386 e. The predicted octanol–water partition coefficient (Wildman–Crippen LogP) is 2.44. The SMILES string of the molecule is C/C=N\C(I)=C/NCCOC1CCCCO1. The fourth-order valence-corrected chi connectivity index (χ4v) is 1.91. The highest BCUT2D eigenvalue weighted by atomic mass is 127. The highest BCUT2D eigenvalue weighted by Gasteiger charge is 2.12. The summed E-state index contributed by atoms with van der Waals surface area (Å²) in [6.07, 6.45) is 7.05. The van der Waals surface area contributed by atoms with Gasteiger partial charge in [0, 0.05) is 25.6 Å². The summed E-state index contributed by atoms with van der Waals surface area (Å²) in [6.45, 7) is 4.18. The molecule has 0 aliphatic carbocycles. The maximum atomic E-state index is 5.57. The van der Waals surface area contributed by atoms with Crippen molar-refractivity contribution in [2.45, 2.75) is 32.5 Å². The number of ether oxygens (including phenoxy) is 2. The number of hydrogen-bond acceptors (Lipinski definition) is 4. The monoisotopic (exact) mass is 338 g/mol. The van der Waals surface area contributed by atoms with Gasteiger partial charge in [-0.1, -0.05) is 0 Å². The van der Waals surface area contributed by atoms with E-state index in [4.69, 9.17) is 9.47 Å². The molecule has 1 N–H and O–H groups in total. The molecule has 0 bridgehead atoms. The quantitative estimate of drug-likeness (QED) is 0.350. The Labute approximate surface area is 111 Å². The Kier molecular flexibility index (Phi) is 7.79. The average Bonchev–Trinajstić information content (AvgIpc) is 2.30. The Morgan fingerprint density at radius 2 is 2.50 bits per heavy atom. The van der Waals surface area contributed by atoms with Gasteiger partial charge in [-0.2, -0.15) is 0 Å². The zero-order chi connectivity index (χ0) is 11.6. The molecule has 0 aromatic rings. The number of nitrogens with one attached hydrogen (secondary N) is 1. The number of nitrogens with zero attached hydrogens (tertiary/aromatic N) is 1. The summed E-state index contributed by atoms with van der Waals surface area (Å²) in [6, 6.07) is 0. The number of rotatable bonds is 6. The zero-order valence-corrected chi connectivity index (χ0v) is 11.8. The molecule has 1 heterocycles. The van der Waals surface area contributed by atoms with E-state index >= 15 is 0 Å². The molecule has 0 aromatic carbocycles. The van der Waals surface area contributed by atoms with Crippen LogP contribution in [0.3, 0.4) is 0 Å². The van der Waals surface area contributed by atoms with E-state index in [0.717, 1.165) is 29.7 Å². The lowest BCUT2D eigenvalue weighted by Crippen LogP contribution is -2.25. The van der Waals surface area contributed by atoms with Crippen LogP contribution in [-0.4, -0.2) is 32.3 Å². The van der Waals surface area contributed by atoms with Gasteiger partial charge in [-0.15, -0.1) is 0 Å². The van der Waals surface area contributed by atoms with Gasteiger partial charge in [0.25, 0.3) is 0 Å². The van der Waals surface area contributed by atoms with Gasteiger partial charge in [0.15, 0.2) is 6.29 Å². The smallest absolute Gasteiger partial charge is 0.157 e. The van der Waals surface area contributed by atoms with Crippen LogP contribution in [0.2, 0.25) is 0 Å². The van der Waals surface area contributed by atoms with Crippen LogP contribution in [0.1, 0.15) is 26.2 Å². The second kappa shape index (κ2) is 8.95. The summed E-state index contributed by atoms with van der Waals surface area (Å²) in [7, 11) is 0. The lowest BCUT2D eigenvalue weighted by atomic mass is 10.2. The van der Waals surface area contributed by atoms with Crippen LogP contribution in [0.15, 0.2) is 14.9 Å². The highest BCUT2D eigenvalue weighted by molar-refractivity contribution is 14.1. The van der Waals surface area contributed by atoms with Gasteiger partial charge in [-0.25, -0.2) is 0 Å². The fraction of sp³-hybridized carbons (Fsp3) is 0.727. The maximum absolute atomic E-state index is 5.57. The van der Waals surface area contributed by atoms with Crippen molar-refractivity contribution < 1.29 is 9.47 Å². The van der Waals surface area contributed by atoms with Gasteiger partial charge in [0.2, 0.25) is 0 Å². The second-order valence-corrected chi connectivity index (χ2v) is 4.58. The molecule has 0 radical (unpaired) electrons. The zero-order valence-electron chi connectivity index (χ0n) is 9.62. The van der Waals surface area contributed by atoms with Crippen molar-refractivity contribution in [2.24, 2.45) is 4.99 Å². The van der Waals surface area contributed by atoms with Gasteiger partial charge >= 0.3 is 0 Å². The minimum Gasteiger partial charge on any atom is -0.386 e. The molecule has 1 unspecified atom stereocenters. The lowest BCUT2D eigenvalue weighted by Gasteiger charge is -2.22. The molecule has 1 aliphatic heterocycles. The van der Waals surface area contributed by atoms with Crippen molar-refractivity contribution in [3.8, 4) is 0 Å². The number of aliphatic imine (C=N–C) groups is 1. The minimum atomic E-state index is 0.00673. The topological polar surface area (TPSA) is 42.9 Å². The van der Waals surface area contributed by atoms with Crippen LogP contribution in [0.4, 0.5) is 0 Å². The third kappa shape index (κ3) is 6.44. The molecule has 0 amide bonds. The first kappa shape index (κ1) is 13.9. The van der Waals surface area contributed by atoms with Gasteiger partial charge in [-0.3, -0.25) is 4.99 Å². The number of halogens is 1. The molecule has 5 heteroatoms. The van der Waals surface area contributed by atoms with Crippen LogP contribution in [0.25, 0.3) is 0 Å². The fourth-order valence-electron chi connectivity index (χ4n) is 1.41. The van der Waals surface area contributed by atoms with Crippen molar-refractivity contribution in [2.75, 3.05) is 19.8 Å². The molecule has 4 nitrogen and oxygen atoms in total. The van der Waals surface area contributed by atoms with E-state index in [0.29, 0.717) is 6.61 Å². The van der Waals surface area contributed by atoms with E-state index in [1.54, 1.807) is 6.21 Å². The van der Waals surface area contributed by atoms with Crippen molar-refractivity contribution >= 4 is 28.8 Å². The van der Waals surface area contributed by atoms with E-state index in [9.17, 15) is 0 Å². The summed E-state index contributed by atoms with van der Waals surface area (Å²) in [4.78, 5) is 4.11. The summed E-state index contributed by atoms with van der Waals surface area (Å²) in [5, 5.41) is 3.15. The molecule has 0 spiro atoms. The van der Waals surface area contributed by atoms with E-state index < -0.39 is 0 Å². The molecule has 1 aliphatic rings. The summed E-state index contributed by atoms with van der Waals surface area (Å²) >= 11 is 2.17. The Morgan fingerprint density at radius 1 is 1.62 bits per heavy atom. The van der Waals surface area contributed by atoms with Crippen molar-refractivity contribution in [1.82, 2.24) is 5.32 Å². The van der Waals surface area contributed by atoms with Gasteiger partial charge < -0.3 is 14.8 Å². The van der Waals surface area contributed by atoms with E-state index in [1.807, 2.05) is 13.1 Å². The Balaban J connectivity index is 2.00. The predicted molar refractivity (Wildman–Crippen MR) is 73.8 cm³/mol. The highest BCUT2D eigenvalue weighted by Crippen LogP contribution is 2.13. The first-order valence-corrected chi connectivity index (χ1v) is 6.71.